The van der Waals surface area contributed by atoms with Crippen molar-refractivity contribution in [3.8, 4) is 0 Å². The minimum atomic E-state index is -0.258. The first-order valence-electron chi connectivity index (χ1n) is 6.52. The summed E-state index contributed by atoms with van der Waals surface area (Å²) in [5.41, 5.74) is 2.47. The lowest BCUT2D eigenvalue weighted by molar-refractivity contribution is 0.0228. The number of aliphatic hydroxyl groups excluding tert-OH is 1. The number of pyridine rings is 1. The van der Waals surface area contributed by atoms with Gasteiger partial charge in [-0.2, -0.15) is 0 Å². The van der Waals surface area contributed by atoms with Crippen LogP contribution in [0.1, 0.15) is 34.2 Å². The average molecular weight is 289 g/mol. The van der Waals surface area contributed by atoms with Crippen molar-refractivity contribution in [3.63, 3.8) is 0 Å². The van der Waals surface area contributed by atoms with E-state index in [4.69, 9.17) is 0 Å². The van der Waals surface area contributed by atoms with Crippen molar-refractivity contribution in [1.29, 1.82) is 0 Å². The highest BCUT2D eigenvalue weighted by Gasteiger charge is 2.36. The molecular weight excluding hydrogens is 274 g/mol. The van der Waals surface area contributed by atoms with E-state index in [0.717, 1.165) is 5.69 Å². The summed E-state index contributed by atoms with van der Waals surface area (Å²) in [5.74, 6) is 0.0984. The molecule has 1 aliphatic carbocycles. The Morgan fingerprint density at radius 3 is 2.90 bits per heavy atom. The molecule has 1 saturated carbocycles. The molecule has 3 rings (SSSR count). The quantitative estimate of drug-likeness (QED) is 0.899. The fourth-order valence-electron chi connectivity index (χ4n) is 2.44. The molecule has 20 heavy (non-hydrogen) atoms. The second-order valence-corrected chi connectivity index (χ2v) is 5.84. The molecule has 0 aliphatic heterocycles. The Kier molecular flexibility index (Phi) is 3.75. The molecule has 2 aromatic heterocycles. The molecule has 2 heterocycles. The van der Waals surface area contributed by atoms with E-state index in [1.807, 2.05) is 18.2 Å². The van der Waals surface area contributed by atoms with E-state index in [1.165, 1.54) is 11.3 Å². The summed E-state index contributed by atoms with van der Waals surface area (Å²) in [5, 5.41) is 12.5. The molecule has 2 N–H and O–H groups in total. The second-order valence-electron chi connectivity index (χ2n) is 4.96. The molecule has 104 valence electrons. The number of hydrogen-bond donors (Lipinski definition) is 2. The van der Waals surface area contributed by atoms with Gasteiger partial charge in [0, 0.05) is 6.20 Å². The number of nitrogens with zero attached hydrogens (tertiary/aromatic N) is 2. The lowest BCUT2D eigenvalue weighted by atomic mass is 9.76. The van der Waals surface area contributed by atoms with E-state index >= 15 is 0 Å². The Balaban J connectivity index is 1.78. The van der Waals surface area contributed by atoms with Gasteiger partial charge < -0.3 is 10.4 Å². The topological polar surface area (TPSA) is 75.1 Å². The van der Waals surface area contributed by atoms with Gasteiger partial charge in [-0.15, -0.1) is 11.3 Å². The number of thiazole rings is 1. The molecule has 0 saturated heterocycles. The Hall–Kier alpha value is -1.79. The summed E-state index contributed by atoms with van der Waals surface area (Å²) >= 11 is 1.31. The van der Waals surface area contributed by atoms with E-state index in [0.29, 0.717) is 17.7 Å². The number of carbonyl (C=O) groups is 1. The summed E-state index contributed by atoms with van der Waals surface area (Å²) in [7, 11) is 0. The van der Waals surface area contributed by atoms with Gasteiger partial charge >= 0.3 is 0 Å². The zero-order valence-corrected chi connectivity index (χ0v) is 11.6. The number of rotatable bonds is 4. The molecular formula is C14H15N3O2S. The first kappa shape index (κ1) is 13.2. The minimum absolute atomic E-state index is 0.135. The standard InChI is InChI=1S/C14H15N3O2S/c18-10-5-9(6-10)13(11-3-1-2-4-16-11)17-14(19)12-7-15-8-20-12/h1-4,7-10,13,18H,5-6H2,(H,17,19). The normalized spacial score (nSPS) is 22.9. The van der Waals surface area contributed by atoms with Gasteiger partial charge in [-0.05, 0) is 30.9 Å². The van der Waals surface area contributed by atoms with Crippen molar-refractivity contribution in [2.24, 2.45) is 5.92 Å². The zero-order chi connectivity index (χ0) is 13.9. The van der Waals surface area contributed by atoms with Crippen LogP contribution in [0.25, 0.3) is 0 Å². The smallest absolute Gasteiger partial charge is 0.263 e. The van der Waals surface area contributed by atoms with Crippen LogP contribution in [0.4, 0.5) is 0 Å². The predicted octanol–water partition coefficient (Wildman–Crippen LogP) is 1.78. The van der Waals surface area contributed by atoms with Gasteiger partial charge in [-0.1, -0.05) is 6.07 Å². The Bertz CT molecular complexity index is 567. The molecule has 1 fully saturated rings. The van der Waals surface area contributed by atoms with Crippen LogP contribution in [-0.4, -0.2) is 27.1 Å². The third-order valence-corrected chi connectivity index (χ3v) is 4.34. The van der Waals surface area contributed by atoms with Gasteiger partial charge in [0.05, 0.1) is 29.5 Å². The summed E-state index contributed by atoms with van der Waals surface area (Å²) < 4.78 is 0. The van der Waals surface area contributed by atoms with Crippen molar-refractivity contribution in [2.45, 2.75) is 25.0 Å². The fourth-order valence-corrected chi connectivity index (χ4v) is 2.96. The molecule has 1 aliphatic rings. The molecule has 1 unspecified atom stereocenters. The van der Waals surface area contributed by atoms with Crippen molar-refractivity contribution in [1.82, 2.24) is 15.3 Å². The molecule has 0 spiro atoms. The van der Waals surface area contributed by atoms with Crippen LogP contribution in [0.2, 0.25) is 0 Å². The highest BCUT2D eigenvalue weighted by molar-refractivity contribution is 7.11. The van der Waals surface area contributed by atoms with Crippen molar-refractivity contribution in [2.75, 3.05) is 0 Å². The Labute approximate surface area is 120 Å². The highest BCUT2D eigenvalue weighted by Crippen LogP contribution is 2.37. The maximum absolute atomic E-state index is 12.2. The van der Waals surface area contributed by atoms with E-state index in [-0.39, 0.29) is 24.0 Å². The van der Waals surface area contributed by atoms with Gasteiger partial charge in [-0.3, -0.25) is 14.8 Å². The van der Waals surface area contributed by atoms with Crippen molar-refractivity contribution >= 4 is 17.2 Å². The molecule has 5 nitrogen and oxygen atoms in total. The molecule has 1 amide bonds. The highest BCUT2D eigenvalue weighted by atomic mass is 32.1. The summed E-state index contributed by atoms with van der Waals surface area (Å²) in [6.45, 7) is 0. The second kappa shape index (κ2) is 5.68. The van der Waals surface area contributed by atoms with Crippen LogP contribution in [0, 0.1) is 5.92 Å². The predicted molar refractivity (Wildman–Crippen MR) is 75.3 cm³/mol. The van der Waals surface area contributed by atoms with Gasteiger partial charge in [-0.25, -0.2) is 0 Å². The molecule has 0 bridgehead atoms. The van der Waals surface area contributed by atoms with Gasteiger partial charge in [0.1, 0.15) is 4.88 Å². The molecule has 0 radical (unpaired) electrons. The van der Waals surface area contributed by atoms with Crippen LogP contribution in [0.15, 0.2) is 36.1 Å². The lowest BCUT2D eigenvalue weighted by Gasteiger charge is -2.37. The van der Waals surface area contributed by atoms with E-state index in [1.54, 1.807) is 17.9 Å². The first-order valence-corrected chi connectivity index (χ1v) is 7.40. The van der Waals surface area contributed by atoms with E-state index in [9.17, 15) is 9.90 Å². The van der Waals surface area contributed by atoms with Crippen LogP contribution in [0.5, 0.6) is 0 Å². The molecule has 2 aromatic rings. The maximum Gasteiger partial charge on any atom is 0.263 e. The van der Waals surface area contributed by atoms with E-state index < -0.39 is 0 Å². The van der Waals surface area contributed by atoms with Crippen LogP contribution < -0.4 is 5.32 Å². The monoisotopic (exact) mass is 289 g/mol. The number of carbonyl (C=O) groups excluding carboxylic acids is 1. The van der Waals surface area contributed by atoms with Gasteiger partial charge in [0.15, 0.2) is 0 Å². The minimum Gasteiger partial charge on any atom is -0.393 e. The Morgan fingerprint density at radius 1 is 1.45 bits per heavy atom. The summed E-state index contributed by atoms with van der Waals surface area (Å²) in [6, 6.07) is 5.50. The number of amides is 1. The zero-order valence-electron chi connectivity index (χ0n) is 10.8. The first-order chi connectivity index (χ1) is 9.74. The SMILES string of the molecule is O=C(NC(c1ccccn1)C1CC(O)C1)c1cncs1. The van der Waals surface area contributed by atoms with Crippen LogP contribution >= 0.6 is 11.3 Å². The average Bonchev–Trinajstić information content (AvgIpc) is 2.97. The van der Waals surface area contributed by atoms with Gasteiger partial charge in [0.25, 0.3) is 5.91 Å². The number of aliphatic hydroxyl groups is 1. The fraction of sp³-hybridized carbons (Fsp3) is 0.357. The summed E-state index contributed by atoms with van der Waals surface area (Å²) in [4.78, 5) is 21.0. The maximum atomic E-state index is 12.2. The van der Waals surface area contributed by atoms with Crippen molar-refractivity contribution < 1.29 is 9.90 Å². The van der Waals surface area contributed by atoms with Crippen molar-refractivity contribution in [3.05, 3.63) is 46.7 Å². The van der Waals surface area contributed by atoms with Crippen LogP contribution in [0.3, 0.4) is 0 Å². The number of aromatic nitrogens is 2. The lowest BCUT2D eigenvalue weighted by Crippen LogP contribution is -2.41. The van der Waals surface area contributed by atoms with E-state index in [2.05, 4.69) is 15.3 Å². The largest absolute Gasteiger partial charge is 0.393 e. The summed E-state index contributed by atoms with van der Waals surface area (Å²) in [6.07, 6.45) is 4.42. The molecule has 1 atom stereocenters. The number of nitrogens with one attached hydrogen (secondary N) is 1. The molecule has 6 heteroatoms. The third-order valence-electron chi connectivity index (χ3n) is 3.57. The molecule has 0 aromatic carbocycles. The van der Waals surface area contributed by atoms with Crippen LogP contribution in [-0.2, 0) is 0 Å². The third kappa shape index (κ3) is 2.71. The number of hydrogen-bond acceptors (Lipinski definition) is 5. The Morgan fingerprint density at radius 2 is 2.30 bits per heavy atom. The van der Waals surface area contributed by atoms with Gasteiger partial charge in [0.2, 0.25) is 0 Å².